The predicted octanol–water partition coefficient (Wildman–Crippen LogP) is 4.16. The summed E-state index contributed by atoms with van der Waals surface area (Å²) in [6, 6.07) is 15.7. The number of anilines is 1. The van der Waals surface area contributed by atoms with Gasteiger partial charge < -0.3 is 19.5 Å². The van der Waals surface area contributed by atoms with Gasteiger partial charge in [0, 0.05) is 5.56 Å². The molecule has 0 heterocycles. The minimum absolute atomic E-state index is 0.111. The maximum Gasteiger partial charge on any atom is 0.329 e. The van der Waals surface area contributed by atoms with Gasteiger partial charge in [-0.2, -0.15) is 5.10 Å². The topological polar surface area (TPSA) is 98.2 Å². The quantitative estimate of drug-likeness (QED) is 0.283. The zero-order chi connectivity index (χ0) is 24.5. The lowest BCUT2D eigenvalue weighted by Gasteiger charge is -2.12. The highest BCUT2D eigenvalue weighted by atomic mass is 35.5. The van der Waals surface area contributed by atoms with Crippen molar-refractivity contribution in [3.8, 4) is 17.2 Å². The number of hydrogen-bond donors (Lipinski definition) is 2. The molecule has 0 aliphatic heterocycles. The number of carbonyl (C=O) groups is 2. The minimum atomic E-state index is -0.953. The van der Waals surface area contributed by atoms with Crippen LogP contribution in [-0.2, 0) is 16.2 Å². The first-order valence-corrected chi connectivity index (χ1v) is 10.3. The predicted molar refractivity (Wildman–Crippen MR) is 126 cm³/mol. The molecule has 0 spiro atoms. The van der Waals surface area contributed by atoms with Gasteiger partial charge in [-0.15, -0.1) is 0 Å². The fourth-order valence-corrected chi connectivity index (χ4v) is 3.04. The number of nitrogens with one attached hydrogen (secondary N) is 2. The second kappa shape index (κ2) is 11.7. The summed E-state index contributed by atoms with van der Waals surface area (Å²) in [6.07, 6.45) is 1.34. The first-order chi connectivity index (χ1) is 16.4. The Hall–Kier alpha value is -4.11. The van der Waals surface area contributed by atoms with Crippen LogP contribution in [0.15, 0.2) is 65.8 Å². The number of amides is 2. The van der Waals surface area contributed by atoms with Crippen LogP contribution in [0, 0.1) is 5.82 Å². The number of ether oxygens (including phenoxy) is 3. The van der Waals surface area contributed by atoms with Gasteiger partial charge in [0.15, 0.2) is 11.5 Å². The van der Waals surface area contributed by atoms with Crippen molar-refractivity contribution in [1.82, 2.24) is 5.43 Å². The molecule has 0 atom stereocenters. The number of methoxy groups -OCH3 is 2. The van der Waals surface area contributed by atoms with E-state index in [4.69, 9.17) is 25.8 Å². The van der Waals surface area contributed by atoms with Crippen molar-refractivity contribution in [3.63, 3.8) is 0 Å². The highest BCUT2D eigenvalue weighted by molar-refractivity contribution is 6.39. The van der Waals surface area contributed by atoms with Crippen molar-refractivity contribution >= 4 is 35.3 Å². The zero-order valence-corrected chi connectivity index (χ0v) is 19.1. The summed E-state index contributed by atoms with van der Waals surface area (Å²) in [4.78, 5) is 24.1. The highest BCUT2D eigenvalue weighted by Crippen LogP contribution is 2.29. The van der Waals surface area contributed by atoms with Crippen LogP contribution in [-0.4, -0.2) is 32.2 Å². The Bertz CT molecular complexity index is 1220. The standard InChI is InChI=1S/C24H21ClFN3O5/c1-32-20-6-4-3-5-19(20)28-23(30)24(31)29-27-13-15-7-10-21(22(11-15)33-2)34-14-16-8-9-17(26)12-18(16)25/h3-13H,14H2,1-2H3,(H,28,30)(H,29,31). The Kier molecular flexibility index (Phi) is 8.42. The summed E-state index contributed by atoms with van der Waals surface area (Å²) >= 11 is 6.02. The molecule has 10 heteroatoms. The lowest BCUT2D eigenvalue weighted by atomic mass is 10.2. The van der Waals surface area contributed by atoms with Crippen molar-refractivity contribution < 1.29 is 28.2 Å². The summed E-state index contributed by atoms with van der Waals surface area (Å²) in [5, 5.41) is 6.51. The molecule has 34 heavy (non-hydrogen) atoms. The molecule has 0 fully saturated rings. The number of carbonyl (C=O) groups excluding carboxylic acids is 2. The van der Waals surface area contributed by atoms with Crippen LogP contribution in [0.2, 0.25) is 5.02 Å². The van der Waals surface area contributed by atoms with Gasteiger partial charge in [0.1, 0.15) is 18.2 Å². The van der Waals surface area contributed by atoms with Crippen molar-refractivity contribution in [1.29, 1.82) is 0 Å². The number of para-hydroxylation sites is 2. The van der Waals surface area contributed by atoms with E-state index in [9.17, 15) is 14.0 Å². The largest absolute Gasteiger partial charge is 0.495 e. The maximum absolute atomic E-state index is 13.2. The maximum atomic E-state index is 13.2. The van der Waals surface area contributed by atoms with E-state index in [0.717, 1.165) is 0 Å². The van der Waals surface area contributed by atoms with E-state index in [2.05, 4.69) is 15.8 Å². The normalized spacial score (nSPS) is 10.6. The molecule has 2 amide bonds. The van der Waals surface area contributed by atoms with Crippen LogP contribution in [0.5, 0.6) is 17.2 Å². The lowest BCUT2D eigenvalue weighted by molar-refractivity contribution is -0.136. The van der Waals surface area contributed by atoms with E-state index in [0.29, 0.717) is 34.1 Å². The smallest absolute Gasteiger partial charge is 0.329 e. The molecule has 8 nitrogen and oxygen atoms in total. The minimum Gasteiger partial charge on any atom is -0.495 e. The molecule has 0 saturated heterocycles. The number of halogens is 2. The van der Waals surface area contributed by atoms with Crippen LogP contribution in [0.1, 0.15) is 11.1 Å². The van der Waals surface area contributed by atoms with E-state index < -0.39 is 17.6 Å². The Morgan fingerprint density at radius 2 is 1.74 bits per heavy atom. The number of rotatable bonds is 8. The third-order valence-corrected chi connectivity index (χ3v) is 4.88. The van der Waals surface area contributed by atoms with Crippen LogP contribution in [0.4, 0.5) is 10.1 Å². The number of nitrogens with zero attached hydrogens (tertiary/aromatic N) is 1. The van der Waals surface area contributed by atoms with Crippen molar-refractivity contribution in [3.05, 3.63) is 82.6 Å². The molecular formula is C24H21ClFN3O5. The number of hydrazone groups is 1. The molecule has 0 aliphatic carbocycles. The molecule has 0 bridgehead atoms. The van der Waals surface area contributed by atoms with Gasteiger partial charge in [-0.25, -0.2) is 9.82 Å². The fraction of sp³-hybridized carbons (Fsp3) is 0.125. The van der Waals surface area contributed by atoms with Crippen LogP contribution in [0.25, 0.3) is 0 Å². The Balaban J connectivity index is 1.59. The highest BCUT2D eigenvalue weighted by Gasteiger charge is 2.15. The summed E-state index contributed by atoms with van der Waals surface area (Å²) in [5.41, 5.74) is 3.71. The molecule has 0 aliphatic rings. The molecule has 0 unspecified atom stereocenters. The van der Waals surface area contributed by atoms with Crippen LogP contribution >= 0.6 is 11.6 Å². The first-order valence-electron chi connectivity index (χ1n) is 9.93. The molecule has 176 valence electrons. The average molecular weight is 486 g/mol. The van der Waals surface area contributed by atoms with Gasteiger partial charge in [-0.05, 0) is 48.0 Å². The van der Waals surface area contributed by atoms with Gasteiger partial charge in [-0.1, -0.05) is 29.8 Å². The van der Waals surface area contributed by atoms with Gasteiger partial charge in [0.05, 0.1) is 31.1 Å². The second-order valence-corrected chi connectivity index (χ2v) is 7.20. The SMILES string of the molecule is COc1ccccc1NC(=O)C(=O)NN=Cc1ccc(OCc2ccc(F)cc2Cl)c(OC)c1. The van der Waals surface area contributed by atoms with E-state index in [-0.39, 0.29) is 11.6 Å². The molecule has 3 aromatic rings. The van der Waals surface area contributed by atoms with Crippen molar-refractivity contribution in [2.45, 2.75) is 6.61 Å². The summed E-state index contributed by atoms with van der Waals surface area (Å²) in [5.74, 6) is -1.03. The molecule has 0 radical (unpaired) electrons. The third kappa shape index (κ3) is 6.46. The fourth-order valence-electron chi connectivity index (χ4n) is 2.82. The van der Waals surface area contributed by atoms with Crippen molar-refractivity contribution in [2.75, 3.05) is 19.5 Å². The van der Waals surface area contributed by atoms with E-state index >= 15 is 0 Å². The number of benzene rings is 3. The van der Waals surface area contributed by atoms with Gasteiger partial charge in [0.25, 0.3) is 0 Å². The summed E-state index contributed by atoms with van der Waals surface area (Å²) < 4.78 is 29.4. The second-order valence-electron chi connectivity index (χ2n) is 6.79. The van der Waals surface area contributed by atoms with Crippen LogP contribution in [0.3, 0.4) is 0 Å². The zero-order valence-electron chi connectivity index (χ0n) is 18.3. The van der Waals surface area contributed by atoms with E-state index in [1.807, 2.05) is 0 Å². The molecular weight excluding hydrogens is 465 g/mol. The Labute approximate surface area is 200 Å². The number of hydrogen-bond acceptors (Lipinski definition) is 6. The Morgan fingerprint density at radius 1 is 0.971 bits per heavy atom. The first kappa shape index (κ1) is 24.5. The molecule has 0 saturated carbocycles. The lowest BCUT2D eigenvalue weighted by Crippen LogP contribution is -2.32. The molecule has 2 N–H and O–H groups in total. The van der Waals surface area contributed by atoms with E-state index in [1.54, 1.807) is 42.5 Å². The Morgan fingerprint density at radius 3 is 2.47 bits per heavy atom. The molecule has 3 aromatic carbocycles. The molecule has 3 rings (SSSR count). The van der Waals surface area contributed by atoms with Gasteiger partial charge in [0.2, 0.25) is 0 Å². The van der Waals surface area contributed by atoms with Gasteiger partial charge in [-0.3, -0.25) is 9.59 Å². The summed E-state index contributed by atoms with van der Waals surface area (Å²) in [6.45, 7) is 0.111. The monoisotopic (exact) mass is 485 g/mol. The molecule has 0 aromatic heterocycles. The van der Waals surface area contributed by atoms with E-state index in [1.165, 1.54) is 38.6 Å². The van der Waals surface area contributed by atoms with Crippen LogP contribution < -0.4 is 25.0 Å². The average Bonchev–Trinajstić information content (AvgIpc) is 2.84. The van der Waals surface area contributed by atoms with Crippen molar-refractivity contribution in [2.24, 2.45) is 5.10 Å². The third-order valence-electron chi connectivity index (χ3n) is 4.53. The summed E-state index contributed by atoms with van der Waals surface area (Å²) in [7, 11) is 2.93. The van der Waals surface area contributed by atoms with Gasteiger partial charge >= 0.3 is 11.8 Å².